The molecule has 0 radical (unpaired) electrons. The standard InChI is InChI=1S/C18H26N2O/c19-13-14-8-10-16(11-9-14)18(21)20-12-4-7-17(20)15-5-2-1-3-6-15/h1-3,5-6,14,16-17H,4,7-13,19H2. The van der Waals surface area contributed by atoms with Crippen LogP contribution < -0.4 is 5.73 Å². The van der Waals surface area contributed by atoms with Crippen LogP contribution in [0.15, 0.2) is 30.3 Å². The van der Waals surface area contributed by atoms with Gasteiger partial charge >= 0.3 is 0 Å². The smallest absolute Gasteiger partial charge is 0.226 e. The van der Waals surface area contributed by atoms with Crippen LogP contribution in [0.5, 0.6) is 0 Å². The normalized spacial score (nSPS) is 29.6. The molecule has 1 saturated carbocycles. The van der Waals surface area contributed by atoms with Gasteiger partial charge in [0.1, 0.15) is 0 Å². The topological polar surface area (TPSA) is 46.3 Å². The second-order valence-corrected chi connectivity index (χ2v) is 6.55. The van der Waals surface area contributed by atoms with Crippen molar-refractivity contribution < 1.29 is 4.79 Å². The maximum atomic E-state index is 12.9. The van der Waals surface area contributed by atoms with Crippen molar-refractivity contribution in [3.8, 4) is 0 Å². The molecule has 1 atom stereocenters. The number of nitrogens with zero attached hydrogens (tertiary/aromatic N) is 1. The number of rotatable bonds is 3. The Morgan fingerprint density at radius 3 is 2.48 bits per heavy atom. The molecule has 1 aliphatic heterocycles. The predicted octanol–water partition coefficient (Wildman–Crippen LogP) is 3.12. The van der Waals surface area contributed by atoms with E-state index in [1.54, 1.807) is 0 Å². The molecular weight excluding hydrogens is 260 g/mol. The Hall–Kier alpha value is -1.35. The third-order valence-corrected chi connectivity index (χ3v) is 5.25. The molecule has 1 heterocycles. The molecule has 1 amide bonds. The van der Waals surface area contributed by atoms with Gasteiger partial charge in [-0.3, -0.25) is 4.79 Å². The van der Waals surface area contributed by atoms with Crippen LogP contribution in [0.1, 0.15) is 50.1 Å². The van der Waals surface area contributed by atoms with Gasteiger partial charge < -0.3 is 10.6 Å². The summed E-state index contributed by atoms with van der Waals surface area (Å²) in [6.45, 7) is 1.70. The van der Waals surface area contributed by atoms with Crippen LogP contribution in [0.3, 0.4) is 0 Å². The van der Waals surface area contributed by atoms with Crippen LogP contribution in [0.4, 0.5) is 0 Å². The molecule has 114 valence electrons. The van der Waals surface area contributed by atoms with Gasteiger partial charge in [-0.25, -0.2) is 0 Å². The van der Waals surface area contributed by atoms with Crippen molar-refractivity contribution in [1.82, 2.24) is 4.90 Å². The quantitative estimate of drug-likeness (QED) is 0.928. The zero-order chi connectivity index (χ0) is 14.7. The summed E-state index contributed by atoms with van der Waals surface area (Å²) < 4.78 is 0. The fraction of sp³-hybridized carbons (Fsp3) is 0.611. The van der Waals surface area contributed by atoms with Gasteiger partial charge in [0.25, 0.3) is 0 Å². The Kier molecular flexibility index (Phi) is 4.59. The number of hydrogen-bond acceptors (Lipinski definition) is 2. The maximum Gasteiger partial charge on any atom is 0.226 e. The molecule has 1 aliphatic carbocycles. The maximum absolute atomic E-state index is 12.9. The lowest BCUT2D eigenvalue weighted by Crippen LogP contribution is -2.37. The van der Waals surface area contributed by atoms with Crippen LogP contribution >= 0.6 is 0 Å². The highest BCUT2D eigenvalue weighted by Gasteiger charge is 2.35. The largest absolute Gasteiger partial charge is 0.335 e. The Morgan fingerprint density at radius 2 is 1.81 bits per heavy atom. The van der Waals surface area contributed by atoms with Crippen LogP contribution in [0, 0.1) is 11.8 Å². The number of benzene rings is 1. The first-order chi connectivity index (χ1) is 10.3. The summed E-state index contributed by atoms with van der Waals surface area (Å²) in [4.78, 5) is 15.0. The molecule has 0 bridgehead atoms. The molecular formula is C18H26N2O. The van der Waals surface area contributed by atoms with Crippen LogP contribution in [0.25, 0.3) is 0 Å². The number of hydrogen-bond donors (Lipinski definition) is 1. The van der Waals surface area contributed by atoms with E-state index in [1.165, 1.54) is 5.56 Å². The minimum absolute atomic E-state index is 0.233. The first-order valence-electron chi connectivity index (χ1n) is 8.35. The van der Waals surface area contributed by atoms with Crippen molar-refractivity contribution in [2.24, 2.45) is 17.6 Å². The zero-order valence-electron chi connectivity index (χ0n) is 12.7. The SMILES string of the molecule is NCC1CCC(C(=O)N2CCCC2c2ccccc2)CC1. The molecule has 3 rings (SSSR count). The van der Waals surface area contributed by atoms with E-state index >= 15 is 0 Å². The molecule has 3 nitrogen and oxygen atoms in total. The van der Waals surface area contributed by atoms with Gasteiger partial charge in [-0.2, -0.15) is 0 Å². The van der Waals surface area contributed by atoms with Gasteiger partial charge in [0.05, 0.1) is 6.04 Å². The highest BCUT2D eigenvalue weighted by Crippen LogP contribution is 2.36. The lowest BCUT2D eigenvalue weighted by Gasteiger charge is -2.33. The fourth-order valence-electron chi connectivity index (χ4n) is 3.93. The van der Waals surface area contributed by atoms with E-state index in [1.807, 2.05) is 6.07 Å². The molecule has 2 aliphatic rings. The first-order valence-corrected chi connectivity index (χ1v) is 8.35. The van der Waals surface area contributed by atoms with Crippen molar-refractivity contribution >= 4 is 5.91 Å². The van der Waals surface area contributed by atoms with Crippen LogP contribution in [-0.2, 0) is 4.79 Å². The Balaban J connectivity index is 1.67. The number of likely N-dealkylation sites (tertiary alicyclic amines) is 1. The van der Waals surface area contributed by atoms with Gasteiger partial charge in [0.2, 0.25) is 5.91 Å². The third-order valence-electron chi connectivity index (χ3n) is 5.25. The molecule has 1 aromatic rings. The van der Waals surface area contributed by atoms with E-state index in [-0.39, 0.29) is 5.92 Å². The summed E-state index contributed by atoms with van der Waals surface area (Å²) in [6, 6.07) is 10.8. The van der Waals surface area contributed by atoms with E-state index in [0.29, 0.717) is 17.9 Å². The fourth-order valence-corrected chi connectivity index (χ4v) is 3.93. The molecule has 0 aromatic heterocycles. The summed E-state index contributed by atoms with van der Waals surface area (Å²) >= 11 is 0. The molecule has 1 unspecified atom stereocenters. The lowest BCUT2D eigenvalue weighted by atomic mass is 9.81. The third kappa shape index (κ3) is 3.13. The minimum atomic E-state index is 0.233. The molecule has 2 N–H and O–H groups in total. The van der Waals surface area contributed by atoms with E-state index in [9.17, 15) is 4.79 Å². The van der Waals surface area contributed by atoms with Crippen LogP contribution in [-0.4, -0.2) is 23.9 Å². The molecule has 0 spiro atoms. The number of amides is 1. The summed E-state index contributed by atoms with van der Waals surface area (Å²) in [5.74, 6) is 1.26. The average Bonchev–Trinajstić information content (AvgIpc) is 3.04. The van der Waals surface area contributed by atoms with Crippen molar-refractivity contribution in [1.29, 1.82) is 0 Å². The van der Waals surface area contributed by atoms with Gasteiger partial charge in [-0.15, -0.1) is 0 Å². The van der Waals surface area contributed by atoms with Crippen molar-refractivity contribution in [3.63, 3.8) is 0 Å². The summed E-state index contributed by atoms with van der Waals surface area (Å²) in [6.07, 6.45) is 6.53. The predicted molar refractivity (Wildman–Crippen MR) is 84.6 cm³/mol. The average molecular weight is 286 g/mol. The molecule has 1 saturated heterocycles. The summed E-state index contributed by atoms with van der Waals surface area (Å²) in [7, 11) is 0. The monoisotopic (exact) mass is 286 g/mol. The van der Waals surface area contributed by atoms with E-state index < -0.39 is 0 Å². The highest BCUT2D eigenvalue weighted by atomic mass is 16.2. The minimum Gasteiger partial charge on any atom is -0.335 e. The molecule has 3 heteroatoms. The summed E-state index contributed by atoms with van der Waals surface area (Å²) in [5.41, 5.74) is 7.04. The van der Waals surface area contributed by atoms with Crippen molar-refractivity contribution in [2.75, 3.05) is 13.1 Å². The second-order valence-electron chi connectivity index (χ2n) is 6.55. The molecule has 1 aromatic carbocycles. The number of nitrogens with two attached hydrogens (primary N) is 1. The number of carbonyl (C=O) groups excluding carboxylic acids is 1. The van der Waals surface area contributed by atoms with E-state index in [0.717, 1.165) is 51.6 Å². The Bertz CT molecular complexity index is 465. The van der Waals surface area contributed by atoms with Gasteiger partial charge in [-0.05, 0) is 56.6 Å². The van der Waals surface area contributed by atoms with Gasteiger partial charge in [-0.1, -0.05) is 30.3 Å². The van der Waals surface area contributed by atoms with Gasteiger partial charge in [0.15, 0.2) is 0 Å². The zero-order valence-corrected chi connectivity index (χ0v) is 12.7. The van der Waals surface area contributed by atoms with Crippen LogP contribution in [0.2, 0.25) is 0 Å². The Morgan fingerprint density at radius 1 is 1.10 bits per heavy atom. The lowest BCUT2D eigenvalue weighted by molar-refractivity contribution is -0.137. The Labute approximate surface area is 127 Å². The second kappa shape index (κ2) is 6.61. The molecule has 2 fully saturated rings. The summed E-state index contributed by atoms with van der Waals surface area (Å²) in [5, 5.41) is 0. The molecule has 21 heavy (non-hydrogen) atoms. The van der Waals surface area contributed by atoms with Gasteiger partial charge in [0, 0.05) is 12.5 Å². The van der Waals surface area contributed by atoms with E-state index in [4.69, 9.17) is 5.73 Å². The van der Waals surface area contributed by atoms with E-state index in [2.05, 4.69) is 29.2 Å². The number of carbonyl (C=O) groups is 1. The van der Waals surface area contributed by atoms with Crippen molar-refractivity contribution in [3.05, 3.63) is 35.9 Å². The first kappa shape index (κ1) is 14.6. The highest BCUT2D eigenvalue weighted by molar-refractivity contribution is 5.79. The van der Waals surface area contributed by atoms with Crippen molar-refractivity contribution in [2.45, 2.75) is 44.6 Å².